The van der Waals surface area contributed by atoms with Gasteiger partial charge < -0.3 is 15.0 Å². The van der Waals surface area contributed by atoms with Crippen molar-refractivity contribution in [1.29, 1.82) is 0 Å². The lowest BCUT2D eigenvalue weighted by atomic mass is 10.4. The second-order valence-electron chi connectivity index (χ2n) is 4.89. The van der Waals surface area contributed by atoms with E-state index in [9.17, 15) is 14.4 Å². The standard InChI is InChI=1S/C14H18N2O4S/c1-3-20-12(17)8-16(2)14(19)10-6-7-11(21-10)15-13(18)9-4-5-9/h6-7,9H,3-5,8H2,1-2H3,(H,15,18). The molecule has 1 heterocycles. The smallest absolute Gasteiger partial charge is 0.325 e. The van der Waals surface area contributed by atoms with Crippen LogP contribution >= 0.6 is 11.3 Å². The lowest BCUT2D eigenvalue weighted by Crippen LogP contribution is -2.32. The molecular weight excluding hydrogens is 292 g/mol. The summed E-state index contributed by atoms with van der Waals surface area (Å²) < 4.78 is 4.80. The molecule has 1 N–H and O–H groups in total. The molecule has 1 aliphatic carbocycles. The Labute approximate surface area is 127 Å². The molecule has 0 bridgehead atoms. The molecule has 114 valence electrons. The number of thiophene rings is 1. The number of esters is 1. The highest BCUT2D eigenvalue weighted by atomic mass is 32.1. The molecule has 1 fully saturated rings. The van der Waals surface area contributed by atoms with Crippen molar-refractivity contribution in [3.05, 3.63) is 17.0 Å². The zero-order chi connectivity index (χ0) is 15.4. The maximum absolute atomic E-state index is 12.1. The van der Waals surface area contributed by atoms with Gasteiger partial charge in [-0.25, -0.2) is 0 Å². The number of hydrogen-bond donors (Lipinski definition) is 1. The maximum Gasteiger partial charge on any atom is 0.325 e. The quantitative estimate of drug-likeness (QED) is 0.812. The lowest BCUT2D eigenvalue weighted by molar-refractivity contribution is -0.143. The molecular formula is C14H18N2O4S. The van der Waals surface area contributed by atoms with E-state index >= 15 is 0 Å². The van der Waals surface area contributed by atoms with E-state index in [0.717, 1.165) is 12.8 Å². The maximum atomic E-state index is 12.1. The summed E-state index contributed by atoms with van der Waals surface area (Å²) in [5.74, 6) is -0.569. The van der Waals surface area contributed by atoms with Gasteiger partial charge in [-0.1, -0.05) is 0 Å². The molecule has 0 aliphatic heterocycles. The minimum absolute atomic E-state index is 0.00993. The van der Waals surface area contributed by atoms with Crippen molar-refractivity contribution in [2.24, 2.45) is 5.92 Å². The van der Waals surface area contributed by atoms with Crippen molar-refractivity contribution in [3.8, 4) is 0 Å². The number of amides is 2. The van der Waals surface area contributed by atoms with E-state index in [4.69, 9.17) is 4.74 Å². The summed E-state index contributed by atoms with van der Waals surface area (Å²) in [6.45, 7) is 1.92. The first kappa shape index (κ1) is 15.5. The van der Waals surface area contributed by atoms with Crippen LogP contribution in [0.2, 0.25) is 0 Å². The van der Waals surface area contributed by atoms with Gasteiger partial charge in [-0.05, 0) is 31.9 Å². The van der Waals surface area contributed by atoms with Gasteiger partial charge in [-0.3, -0.25) is 14.4 Å². The van der Waals surface area contributed by atoms with Crippen molar-refractivity contribution >= 4 is 34.1 Å². The first-order chi connectivity index (χ1) is 10.0. The van der Waals surface area contributed by atoms with Gasteiger partial charge in [0, 0.05) is 13.0 Å². The highest BCUT2D eigenvalue weighted by molar-refractivity contribution is 7.18. The number of hydrogen-bond acceptors (Lipinski definition) is 5. The van der Waals surface area contributed by atoms with Gasteiger partial charge in [0.2, 0.25) is 5.91 Å². The Morgan fingerprint density at radius 2 is 2.10 bits per heavy atom. The molecule has 0 aromatic carbocycles. The number of ether oxygens (including phenoxy) is 1. The van der Waals surface area contributed by atoms with E-state index < -0.39 is 5.97 Å². The number of likely N-dealkylation sites (N-methyl/N-ethyl adjacent to an activating group) is 1. The summed E-state index contributed by atoms with van der Waals surface area (Å²) in [5.41, 5.74) is 0. The van der Waals surface area contributed by atoms with Crippen LogP contribution < -0.4 is 5.32 Å². The molecule has 1 aromatic heterocycles. The summed E-state index contributed by atoms with van der Waals surface area (Å²) in [4.78, 5) is 36.9. The third kappa shape index (κ3) is 4.29. The van der Waals surface area contributed by atoms with E-state index in [1.807, 2.05) is 0 Å². The molecule has 0 unspecified atom stereocenters. The topological polar surface area (TPSA) is 75.7 Å². The van der Waals surface area contributed by atoms with Crippen LogP contribution in [0.1, 0.15) is 29.4 Å². The minimum atomic E-state index is -0.438. The number of nitrogens with zero attached hydrogens (tertiary/aromatic N) is 1. The number of carbonyl (C=O) groups excluding carboxylic acids is 3. The Hall–Kier alpha value is -1.89. The Morgan fingerprint density at radius 3 is 2.71 bits per heavy atom. The summed E-state index contributed by atoms with van der Waals surface area (Å²) in [7, 11) is 1.54. The number of carbonyl (C=O) groups is 3. The molecule has 7 heteroatoms. The highest BCUT2D eigenvalue weighted by Gasteiger charge is 2.30. The van der Waals surface area contributed by atoms with E-state index in [1.54, 1.807) is 26.1 Å². The zero-order valence-corrected chi connectivity index (χ0v) is 12.9. The molecule has 2 amide bonds. The van der Waals surface area contributed by atoms with Gasteiger partial charge in [-0.15, -0.1) is 11.3 Å². The van der Waals surface area contributed by atoms with Gasteiger partial charge in [0.15, 0.2) is 0 Å². The number of anilines is 1. The molecule has 0 atom stereocenters. The molecule has 6 nitrogen and oxygen atoms in total. The molecule has 0 saturated heterocycles. The van der Waals surface area contributed by atoms with Gasteiger partial charge >= 0.3 is 5.97 Å². The fraction of sp³-hybridized carbons (Fsp3) is 0.500. The van der Waals surface area contributed by atoms with Crippen LogP contribution in [0.25, 0.3) is 0 Å². The summed E-state index contributed by atoms with van der Waals surface area (Å²) >= 11 is 1.21. The largest absolute Gasteiger partial charge is 0.465 e. The summed E-state index contributed by atoms with van der Waals surface area (Å²) in [6.07, 6.45) is 1.87. The number of rotatable bonds is 6. The predicted molar refractivity (Wildman–Crippen MR) is 79.3 cm³/mol. The summed E-state index contributed by atoms with van der Waals surface area (Å²) in [6, 6.07) is 3.35. The second-order valence-corrected chi connectivity index (χ2v) is 5.98. The Balaban J connectivity index is 1.91. The van der Waals surface area contributed by atoms with E-state index in [0.29, 0.717) is 9.88 Å². The molecule has 0 spiro atoms. The first-order valence-electron chi connectivity index (χ1n) is 6.83. The first-order valence-corrected chi connectivity index (χ1v) is 7.64. The van der Waals surface area contributed by atoms with E-state index in [-0.39, 0.29) is 30.9 Å². The van der Waals surface area contributed by atoms with Gasteiger partial charge in [0.05, 0.1) is 16.5 Å². The Kier molecular flexibility index (Phi) is 4.95. The average Bonchev–Trinajstić information content (AvgIpc) is 3.19. The van der Waals surface area contributed by atoms with Gasteiger partial charge in [0.25, 0.3) is 5.91 Å². The predicted octanol–water partition coefficient (Wildman–Crippen LogP) is 1.73. The van der Waals surface area contributed by atoms with Gasteiger partial charge in [0.1, 0.15) is 6.54 Å². The average molecular weight is 310 g/mol. The van der Waals surface area contributed by atoms with Crippen molar-refractivity contribution in [2.45, 2.75) is 19.8 Å². The van der Waals surface area contributed by atoms with Gasteiger partial charge in [-0.2, -0.15) is 0 Å². The lowest BCUT2D eigenvalue weighted by Gasteiger charge is -2.14. The molecule has 21 heavy (non-hydrogen) atoms. The van der Waals surface area contributed by atoms with E-state index in [2.05, 4.69) is 5.32 Å². The van der Waals surface area contributed by atoms with Crippen molar-refractivity contribution in [1.82, 2.24) is 4.90 Å². The van der Waals surface area contributed by atoms with Crippen molar-refractivity contribution in [3.63, 3.8) is 0 Å². The Bertz CT molecular complexity index is 551. The fourth-order valence-electron chi connectivity index (χ4n) is 1.75. The molecule has 1 aromatic rings. The fourth-order valence-corrected chi connectivity index (χ4v) is 2.65. The highest BCUT2D eigenvalue weighted by Crippen LogP contribution is 2.31. The summed E-state index contributed by atoms with van der Waals surface area (Å²) in [5, 5.41) is 3.45. The monoisotopic (exact) mass is 310 g/mol. The minimum Gasteiger partial charge on any atom is -0.465 e. The van der Waals surface area contributed by atoms with Crippen molar-refractivity contribution in [2.75, 3.05) is 25.5 Å². The van der Waals surface area contributed by atoms with Crippen LogP contribution in [0.4, 0.5) is 5.00 Å². The Morgan fingerprint density at radius 1 is 1.38 bits per heavy atom. The molecule has 1 aliphatic rings. The number of nitrogens with one attached hydrogen (secondary N) is 1. The normalized spacial score (nSPS) is 13.6. The molecule has 2 rings (SSSR count). The van der Waals surface area contributed by atoms with E-state index in [1.165, 1.54) is 16.2 Å². The SMILES string of the molecule is CCOC(=O)CN(C)C(=O)c1ccc(NC(=O)C2CC2)s1. The van der Waals surface area contributed by atoms with Crippen LogP contribution in [0, 0.1) is 5.92 Å². The second kappa shape index (κ2) is 6.71. The van der Waals surface area contributed by atoms with Crippen LogP contribution in [0.5, 0.6) is 0 Å². The van der Waals surface area contributed by atoms with Crippen LogP contribution in [0.15, 0.2) is 12.1 Å². The van der Waals surface area contributed by atoms with Crippen LogP contribution in [0.3, 0.4) is 0 Å². The third-order valence-corrected chi connectivity index (χ3v) is 4.02. The van der Waals surface area contributed by atoms with Crippen LogP contribution in [-0.4, -0.2) is 42.9 Å². The van der Waals surface area contributed by atoms with Crippen molar-refractivity contribution < 1.29 is 19.1 Å². The molecule has 1 saturated carbocycles. The zero-order valence-electron chi connectivity index (χ0n) is 12.0. The third-order valence-electron chi connectivity index (χ3n) is 3.03. The molecule has 0 radical (unpaired) electrons. The van der Waals surface area contributed by atoms with Crippen LogP contribution in [-0.2, 0) is 14.3 Å².